The Morgan fingerprint density at radius 2 is 0.629 bits per heavy atom. The SMILES string of the molecule is c1ccc(-c2cc(-c3cccc(-n4c5cc6c(cc5c5c7ccccc7ccc54)Sc4ccccc4C64c5ccccc5-c5cc(-c6cccc(-c7cc(-n8c9cc%10c(cc9c9c%11ccccc%11ccc98)Sc8ccccc8C%108c9ccccc9-c9ccccc98)nc(-c8ccccc8)n7)c6)ccc54)c3)nc(-c3ccccc3)n2)cc1. The number of rotatable bonds is 8. The molecule has 1 atom stereocenters. The predicted octanol–water partition coefficient (Wildman–Crippen LogP) is 27.4. The van der Waals surface area contributed by atoms with E-state index in [0.29, 0.717) is 11.6 Å². The Kier molecular flexibility index (Phi) is 14.1. The highest BCUT2D eigenvalue weighted by molar-refractivity contribution is 7.99. The van der Waals surface area contributed by atoms with Crippen LogP contribution in [0, 0.1) is 0 Å². The van der Waals surface area contributed by atoms with Gasteiger partial charge in [-0.15, -0.1) is 0 Å². The summed E-state index contributed by atoms with van der Waals surface area (Å²) < 4.78 is 4.95. The molecule has 17 aromatic carbocycles. The molecular formula is C108H64N6S2. The third-order valence-corrected chi connectivity index (χ3v) is 27.3. The number of aromatic nitrogens is 6. The van der Waals surface area contributed by atoms with Gasteiger partial charge >= 0.3 is 0 Å². The summed E-state index contributed by atoms with van der Waals surface area (Å²) in [6.07, 6.45) is 0. The Hall–Kier alpha value is -14.3. The standard InChI is InChI=1S/C108H64N6S2/c1-4-28-67(29-5-1)91-63-92(110-105(109-91)68-30-6-2-7-31-68)73-36-25-37-74(57-73)113-94-54-51-65-26-10-12-38-75(65)103(94)81-59-100-89(61-96(81)113)108(88-47-21-23-49-99(88)116-100)85-45-19-16-42-79(85)80-58-71(50-53-86(80)108)70-34-24-35-72(56-70)93-64-102(112-106(111-93)69-32-8-3-9-33-69)114-95-55-52-66-27-11-13-39-76(66)104(95)82-60-101-90(62-97(82)114)107(87-46-20-22-48-98(87)115-101)83-43-17-14-40-77(83)78-41-15-18-44-84(78)107/h1-64H. The second kappa shape index (κ2) is 25.1. The normalized spacial score (nSPS) is 14.4. The number of benzene rings is 17. The average molecular weight is 1510 g/mol. The Labute approximate surface area is 677 Å². The molecule has 0 fully saturated rings. The molecule has 538 valence electrons. The third-order valence-electron chi connectivity index (χ3n) is 25.0. The van der Waals surface area contributed by atoms with Gasteiger partial charge in [0.25, 0.3) is 0 Å². The summed E-state index contributed by atoms with van der Waals surface area (Å²) in [4.78, 5) is 26.9. The van der Waals surface area contributed by atoms with E-state index in [1.807, 2.05) is 29.6 Å². The molecule has 0 N–H and O–H groups in total. The molecule has 116 heavy (non-hydrogen) atoms. The maximum atomic E-state index is 5.71. The summed E-state index contributed by atoms with van der Waals surface area (Å²) in [7, 11) is 0. The number of hydrogen-bond acceptors (Lipinski definition) is 6. The van der Waals surface area contributed by atoms with Gasteiger partial charge in [0.2, 0.25) is 0 Å². The van der Waals surface area contributed by atoms with Gasteiger partial charge in [0, 0.05) is 80.7 Å². The van der Waals surface area contributed by atoms with E-state index in [1.54, 1.807) is 0 Å². The van der Waals surface area contributed by atoms with E-state index in [-0.39, 0.29) is 0 Å². The molecule has 25 rings (SSSR count). The molecule has 0 saturated heterocycles. The topological polar surface area (TPSA) is 61.4 Å². The van der Waals surface area contributed by atoms with Crippen LogP contribution >= 0.6 is 23.5 Å². The lowest BCUT2D eigenvalue weighted by Gasteiger charge is -2.39. The first kappa shape index (κ1) is 65.3. The van der Waals surface area contributed by atoms with Crippen molar-refractivity contribution in [1.29, 1.82) is 0 Å². The van der Waals surface area contributed by atoms with E-state index in [0.717, 1.165) is 89.6 Å². The van der Waals surface area contributed by atoms with Crippen molar-refractivity contribution in [2.75, 3.05) is 0 Å². The minimum absolute atomic E-state index is 0.581. The molecule has 0 amide bonds. The minimum atomic E-state index is -0.689. The van der Waals surface area contributed by atoms with E-state index in [4.69, 9.17) is 19.9 Å². The molecule has 2 aliphatic carbocycles. The van der Waals surface area contributed by atoms with Crippen molar-refractivity contribution in [3.63, 3.8) is 0 Å². The zero-order valence-electron chi connectivity index (χ0n) is 62.5. The lowest BCUT2D eigenvalue weighted by Crippen LogP contribution is -2.32. The molecular weight excluding hydrogens is 1450 g/mol. The fraction of sp³-hybridized carbons (Fsp3) is 0.0185. The van der Waals surface area contributed by atoms with Crippen LogP contribution in [0.3, 0.4) is 0 Å². The third kappa shape index (κ3) is 9.39. The molecule has 1 unspecified atom stereocenters. The highest BCUT2D eigenvalue weighted by Crippen LogP contribution is 2.66. The Balaban J connectivity index is 0.666. The molecule has 2 aliphatic heterocycles. The van der Waals surface area contributed by atoms with Crippen molar-refractivity contribution >= 4 is 88.7 Å². The Morgan fingerprint density at radius 1 is 0.216 bits per heavy atom. The fourth-order valence-electron chi connectivity index (χ4n) is 20.2. The summed E-state index contributed by atoms with van der Waals surface area (Å²) in [5, 5.41) is 9.64. The molecule has 6 heterocycles. The van der Waals surface area contributed by atoms with Gasteiger partial charge in [-0.25, -0.2) is 19.9 Å². The molecule has 21 aromatic rings. The van der Waals surface area contributed by atoms with E-state index in [2.05, 4.69) is 391 Å². The van der Waals surface area contributed by atoms with Crippen LogP contribution in [0.25, 0.3) is 167 Å². The quantitative estimate of drug-likeness (QED) is 0.151. The molecule has 4 aliphatic rings. The van der Waals surface area contributed by atoms with Crippen LogP contribution in [0.4, 0.5) is 0 Å². The van der Waals surface area contributed by atoms with Crippen LogP contribution < -0.4 is 0 Å². The van der Waals surface area contributed by atoms with Gasteiger partial charge in [0.15, 0.2) is 11.6 Å². The van der Waals surface area contributed by atoms with Crippen LogP contribution in [-0.4, -0.2) is 29.1 Å². The van der Waals surface area contributed by atoms with Crippen LogP contribution in [0.15, 0.2) is 408 Å². The smallest absolute Gasteiger partial charge is 0.162 e. The predicted molar refractivity (Wildman–Crippen MR) is 477 cm³/mol. The molecule has 4 aromatic heterocycles. The first-order valence-corrected chi connectivity index (χ1v) is 41.3. The van der Waals surface area contributed by atoms with E-state index >= 15 is 0 Å². The van der Waals surface area contributed by atoms with Gasteiger partial charge in [-0.1, -0.05) is 327 Å². The molecule has 0 bridgehead atoms. The first-order valence-electron chi connectivity index (χ1n) is 39.6. The summed E-state index contributed by atoms with van der Waals surface area (Å²) in [6.45, 7) is 0. The molecule has 0 saturated carbocycles. The van der Waals surface area contributed by atoms with Crippen molar-refractivity contribution in [2.24, 2.45) is 0 Å². The number of fused-ring (bicyclic) bond motifs is 28. The van der Waals surface area contributed by atoms with Gasteiger partial charge in [-0.2, -0.15) is 0 Å². The zero-order chi connectivity index (χ0) is 75.9. The fourth-order valence-corrected chi connectivity index (χ4v) is 22.6. The van der Waals surface area contributed by atoms with E-state index in [9.17, 15) is 0 Å². The Bertz CT molecular complexity index is 7690. The van der Waals surface area contributed by atoms with Crippen LogP contribution in [-0.2, 0) is 10.8 Å². The largest absolute Gasteiger partial charge is 0.309 e. The van der Waals surface area contributed by atoms with Gasteiger partial charge in [0.05, 0.1) is 50.0 Å². The highest BCUT2D eigenvalue weighted by atomic mass is 32.2. The number of nitrogens with zero attached hydrogens (tertiary/aromatic N) is 6. The summed E-state index contributed by atoms with van der Waals surface area (Å²) in [6, 6.07) is 144. The van der Waals surface area contributed by atoms with Crippen molar-refractivity contribution in [2.45, 2.75) is 30.4 Å². The molecule has 2 spiro atoms. The second-order valence-corrected chi connectivity index (χ2v) is 33.2. The zero-order valence-corrected chi connectivity index (χ0v) is 64.1. The lowest BCUT2D eigenvalue weighted by atomic mass is 9.67. The monoisotopic (exact) mass is 1510 g/mol. The highest BCUT2D eigenvalue weighted by Gasteiger charge is 2.52. The van der Waals surface area contributed by atoms with Crippen LogP contribution in [0.1, 0.15) is 44.5 Å². The second-order valence-electron chi connectivity index (χ2n) is 31.0. The maximum absolute atomic E-state index is 5.71. The van der Waals surface area contributed by atoms with Crippen molar-refractivity contribution in [3.05, 3.63) is 433 Å². The van der Waals surface area contributed by atoms with Crippen molar-refractivity contribution < 1.29 is 0 Å². The van der Waals surface area contributed by atoms with E-state index < -0.39 is 10.8 Å². The van der Waals surface area contributed by atoms with Gasteiger partial charge in [0.1, 0.15) is 5.82 Å². The summed E-state index contributed by atoms with van der Waals surface area (Å²) in [5.41, 5.74) is 29.2. The van der Waals surface area contributed by atoms with Crippen LogP contribution in [0.2, 0.25) is 0 Å². The molecule has 6 nitrogen and oxygen atoms in total. The summed E-state index contributed by atoms with van der Waals surface area (Å²) >= 11 is 3.78. The van der Waals surface area contributed by atoms with Crippen LogP contribution in [0.5, 0.6) is 0 Å². The average Bonchev–Trinajstić information content (AvgIpc) is 1.49. The summed E-state index contributed by atoms with van der Waals surface area (Å²) in [5.74, 6) is 2.13. The van der Waals surface area contributed by atoms with Crippen molar-refractivity contribution in [3.8, 4) is 101 Å². The molecule has 8 heteroatoms. The maximum Gasteiger partial charge on any atom is 0.162 e. The lowest BCUT2D eigenvalue weighted by molar-refractivity contribution is 0.723. The molecule has 0 radical (unpaired) electrons. The minimum Gasteiger partial charge on any atom is -0.309 e. The van der Waals surface area contributed by atoms with Gasteiger partial charge < -0.3 is 4.57 Å². The van der Waals surface area contributed by atoms with Gasteiger partial charge in [-0.05, 0) is 178 Å². The van der Waals surface area contributed by atoms with E-state index in [1.165, 1.54) is 129 Å². The van der Waals surface area contributed by atoms with Crippen molar-refractivity contribution in [1.82, 2.24) is 29.1 Å². The van der Waals surface area contributed by atoms with Gasteiger partial charge in [-0.3, -0.25) is 4.57 Å². The Morgan fingerprint density at radius 3 is 1.21 bits per heavy atom. The number of hydrogen-bond donors (Lipinski definition) is 0. The first-order chi connectivity index (χ1) is 57.5.